The Kier molecular flexibility index (Phi) is 5.41. The quantitative estimate of drug-likeness (QED) is 0.583. The first-order valence-electron chi connectivity index (χ1n) is 6.47. The molecule has 0 aromatic rings. The molecule has 0 saturated heterocycles. The van der Waals surface area contributed by atoms with E-state index in [1.165, 1.54) is 38.4 Å². The van der Waals surface area contributed by atoms with Crippen molar-refractivity contribution in [2.75, 3.05) is 19.3 Å². The zero-order valence-electron chi connectivity index (χ0n) is 11.3. The third kappa shape index (κ3) is 7.01. The van der Waals surface area contributed by atoms with E-state index in [0.717, 1.165) is 6.54 Å². The fraction of sp³-hybridized carbons (Fsp3) is 1.00. The summed E-state index contributed by atoms with van der Waals surface area (Å²) < 4.78 is 24.3. The lowest BCUT2D eigenvalue weighted by atomic mass is 9.85. The van der Waals surface area contributed by atoms with Crippen LogP contribution in [0.4, 0.5) is 0 Å². The van der Waals surface area contributed by atoms with Crippen molar-refractivity contribution in [1.29, 1.82) is 0 Å². The Hall–Kier alpha value is -0.130. The number of nitrogens with one attached hydrogen (secondary N) is 2. The van der Waals surface area contributed by atoms with Crippen molar-refractivity contribution in [3.63, 3.8) is 0 Å². The largest absolute Gasteiger partial charge is 0.313 e. The molecule has 5 heteroatoms. The second-order valence-electron chi connectivity index (χ2n) is 5.91. The highest BCUT2D eigenvalue weighted by molar-refractivity contribution is 7.88. The molecule has 1 aliphatic rings. The minimum absolute atomic E-state index is 0.474. The van der Waals surface area contributed by atoms with E-state index in [4.69, 9.17) is 0 Å². The van der Waals surface area contributed by atoms with Crippen molar-refractivity contribution in [2.24, 2.45) is 5.41 Å². The Labute approximate surface area is 106 Å². The van der Waals surface area contributed by atoms with Gasteiger partial charge < -0.3 is 5.32 Å². The van der Waals surface area contributed by atoms with Crippen LogP contribution in [0.15, 0.2) is 0 Å². The van der Waals surface area contributed by atoms with Crippen LogP contribution < -0.4 is 10.0 Å². The highest BCUT2D eigenvalue weighted by Crippen LogP contribution is 2.33. The van der Waals surface area contributed by atoms with Gasteiger partial charge in [-0.1, -0.05) is 20.3 Å². The molecule has 0 spiro atoms. The van der Waals surface area contributed by atoms with E-state index >= 15 is 0 Å². The van der Waals surface area contributed by atoms with E-state index in [0.29, 0.717) is 18.0 Å². The van der Waals surface area contributed by atoms with Crippen molar-refractivity contribution >= 4 is 10.0 Å². The van der Waals surface area contributed by atoms with Crippen LogP contribution in [0.3, 0.4) is 0 Å². The van der Waals surface area contributed by atoms with Crippen molar-refractivity contribution in [3.8, 4) is 0 Å². The van der Waals surface area contributed by atoms with E-state index in [2.05, 4.69) is 23.9 Å². The molecule has 102 valence electrons. The van der Waals surface area contributed by atoms with Crippen LogP contribution in [-0.4, -0.2) is 33.8 Å². The van der Waals surface area contributed by atoms with Crippen LogP contribution >= 0.6 is 0 Å². The molecule has 0 heterocycles. The average Bonchev–Trinajstić information content (AvgIpc) is 2.33. The predicted octanol–water partition coefficient (Wildman–Crippen LogP) is 1.48. The molecule has 0 aromatic carbocycles. The van der Waals surface area contributed by atoms with Crippen molar-refractivity contribution in [3.05, 3.63) is 0 Å². The molecular weight excluding hydrogens is 236 g/mol. The Morgan fingerprint density at radius 3 is 2.53 bits per heavy atom. The molecule has 0 bridgehead atoms. The highest BCUT2D eigenvalue weighted by atomic mass is 32.2. The Morgan fingerprint density at radius 1 is 1.18 bits per heavy atom. The maximum atomic E-state index is 10.9. The van der Waals surface area contributed by atoms with Crippen LogP contribution in [-0.2, 0) is 10.0 Å². The van der Waals surface area contributed by atoms with E-state index < -0.39 is 10.0 Å². The number of sulfonamides is 1. The van der Waals surface area contributed by atoms with Gasteiger partial charge in [0.1, 0.15) is 0 Å². The molecule has 0 aromatic heterocycles. The summed E-state index contributed by atoms with van der Waals surface area (Å²) >= 11 is 0. The van der Waals surface area contributed by atoms with E-state index in [-0.39, 0.29) is 0 Å². The van der Waals surface area contributed by atoms with Gasteiger partial charge in [0.05, 0.1) is 6.26 Å². The fourth-order valence-corrected chi connectivity index (χ4v) is 2.85. The highest BCUT2D eigenvalue weighted by Gasteiger charge is 2.23. The van der Waals surface area contributed by atoms with Gasteiger partial charge in [0, 0.05) is 19.1 Å². The standard InChI is InChI=1S/C12H26N2O2S/c1-12(2)7-4-5-11(6-8-12)13-9-10-14-17(3,15)16/h11,13-14H,4-10H2,1-3H3. The summed E-state index contributed by atoms with van der Waals surface area (Å²) in [6.45, 7) is 5.87. The van der Waals surface area contributed by atoms with E-state index in [1.807, 2.05) is 0 Å². The Balaban J connectivity index is 2.20. The minimum Gasteiger partial charge on any atom is -0.313 e. The molecule has 1 aliphatic carbocycles. The van der Waals surface area contributed by atoms with E-state index in [9.17, 15) is 8.42 Å². The number of rotatable bonds is 5. The van der Waals surface area contributed by atoms with Crippen molar-refractivity contribution in [1.82, 2.24) is 10.0 Å². The second-order valence-corrected chi connectivity index (χ2v) is 7.75. The lowest BCUT2D eigenvalue weighted by Crippen LogP contribution is -2.36. The monoisotopic (exact) mass is 262 g/mol. The molecule has 0 radical (unpaired) electrons. The average molecular weight is 262 g/mol. The molecule has 0 aliphatic heterocycles. The van der Waals surface area contributed by atoms with Crippen LogP contribution in [0.25, 0.3) is 0 Å². The molecule has 1 atom stereocenters. The van der Waals surface area contributed by atoms with E-state index in [1.54, 1.807) is 0 Å². The Morgan fingerprint density at radius 2 is 1.88 bits per heavy atom. The second kappa shape index (κ2) is 6.16. The minimum atomic E-state index is -3.04. The van der Waals surface area contributed by atoms with Gasteiger partial charge in [0.25, 0.3) is 0 Å². The van der Waals surface area contributed by atoms with Gasteiger partial charge in [0.15, 0.2) is 0 Å². The van der Waals surface area contributed by atoms with Gasteiger partial charge in [-0.25, -0.2) is 13.1 Å². The molecule has 17 heavy (non-hydrogen) atoms. The first-order valence-corrected chi connectivity index (χ1v) is 8.36. The molecule has 1 unspecified atom stereocenters. The predicted molar refractivity (Wildman–Crippen MR) is 71.5 cm³/mol. The summed E-state index contributed by atoms with van der Waals surface area (Å²) in [5, 5.41) is 3.44. The summed E-state index contributed by atoms with van der Waals surface area (Å²) in [6.07, 6.45) is 7.43. The summed E-state index contributed by atoms with van der Waals surface area (Å²) in [6, 6.07) is 0.554. The molecule has 1 saturated carbocycles. The van der Waals surface area contributed by atoms with Crippen LogP contribution in [0.2, 0.25) is 0 Å². The molecular formula is C12H26N2O2S. The third-order valence-electron chi connectivity index (χ3n) is 3.50. The van der Waals surface area contributed by atoms with Crippen molar-refractivity contribution in [2.45, 2.75) is 52.0 Å². The Bertz CT molecular complexity index is 325. The third-order valence-corrected chi connectivity index (χ3v) is 4.23. The number of hydrogen-bond acceptors (Lipinski definition) is 3. The molecule has 1 rings (SSSR count). The lowest BCUT2D eigenvalue weighted by Gasteiger charge is -2.22. The van der Waals surface area contributed by atoms with Gasteiger partial charge in [-0.05, 0) is 31.1 Å². The maximum Gasteiger partial charge on any atom is 0.208 e. The molecule has 2 N–H and O–H groups in total. The van der Waals surface area contributed by atoms with Gasteiger partial charge in [-0.3, -0.25) is 0 Å². The lowest BCUT2D eigenvalue weighted by molar-refractivity contribution is 0.310. The fourth-order valence-electron chi connectivity index (χ4n) is 2.38. The summed E-state index contributed by atoms with van der Waals surface area (Å²) in [5.74, 6) is 0. The molecule has 4 nitrogen and oxygen atoms in total. The molecule has 1 fully saturated rings. The van der Waals surface area contributed by atoms with Gasteiger partial charge in [-0.2, -0.15) is 0 Å². The van der Waals surface area contributed by atoms with Crippen molar-refractivity contribution < 1.29 is 8.42 Å². The van der Waals surface area contributed by atoms with Crippen LogP contribution in [0.1, 0.15) is 46.0 Å². The SMILES string of the molecule is CC1(C)CCCC(NCCNS(C)(=O)=O)CC1. The number of hydrogen-bond donors (Lipinski definition) is 2. The first-order chi connectivity index (χ1) is 7.79. The van der Waals surface area contributed by atoms with Gasteiger partial charge >= 0.3 is 0 Å². The van der Waals surface area contributed by atoms with Crippen LogP contribution in [0.5, 0.6) is 0 Å². The zero-order valence-corrected chi connectivity index (χ0v) is 12.1. The maximum absolute atomic E-state index is 10.9. The summed E-state index contributed by atoms with van der Waals surface area (Å²) in [7, 11) is -3.04. The molecule has 0 amide bonds. The summed E-state index contributed by atoms with van der Waals surface area (Å²) in [4.78, 5) is 0. The first kappa shape index (κ1) is 14.9. The summed E-state index contributed by atoms with van der Waals surface area (Å²) in [5.41, 5.74) is 0.474. The zero-order chi connectivity index (χ0) is 12.9. The smallest absolute Gasteiger partial charge is 0.208 e. The van der Waals surface area contributed by atoms with Crippen LogP contribution in [0, 0.1) is 5.41 Å². The van der Waals surface area contributed by atoms with Gasteiger partial charge in [0.2, 0.25) is 10.0 Å². The normalized spacial score (nSPS) is 25.5. The topological polar surface area (TPSA) is 58.2 Å². The van der Waals surface area contributed by atoms with Gasteiger partial charge in [-0.15, -0.1) is 0 Å².